The molecule has 0 aromatic carbocycles. The SMILES string of the molecule is Nc1nc(/C(=N/OC2CCCC2)C(=O)NC2C(=O)N3C(C(=O)O)=C(CSc4nnnn4CC(=O)O)CS[C@H]23)cs1. The Balaban J connectivity index is 1.29. The van der Waals surface area contributed by atoms with Crippen LogP contribution in [0.3, 0.4) is 0 Å². The molecule has 0 spiro atoms. The molecular weight excluding hydrogens is 586 g/mol. The molecule has 40 heavy (non-hydrogen) atoms. The number of oxime groups is 1. The zero-order chi connectivity index (χ0) is 28.4. The standard InChI is InChI=1S/C21H23N9O7S3/c22-20-23-11(8-39-20)13(26-37-10-3-1-2-4-10)16(33)24-14-17(34)30-15(19(35)36)9(6-38-18(14)30)7-40-21-25-27-28-29(21)5-12(31)32/h8,10,14,18H,1-7H2,(H2,22,23)(H,24,33)(H,31,32)(H,35,36)/b26-13-/t14?,18-/m1/s1. The van der Waals surface area contributed by atoms with Gasteiger partial charge in [-0.25, -0.2) is 14.5 Å². The van der Waals surface area contributed by atoms with E-state index in [1.807, 2.05) is 0 Å². The van der Waals surface area contributed by atoms with E-state index in [0.717, 1.165) is 58.4 Å². The molecule has 1 aliphatic carbocycles. The Morgan fingerprint density at radius 3 is 2.73 bits per heavy atom. The van der Waals surface area contributed by atoms with Gasteiger partial charge in [0.15, 0.2) is 10.8 Å². The lowest BCUT2D eigenvalue weighted by molar-refractivity contribution is -0.150. The normalized spacial score (nSPS) is 21.2. The Morgan fingerprint density at radius 1 is 1.27 bits per heavy atom. The van der Waals surface area contributed by atoms with Gasteiger partial charge in [-0.1, -0.05) is 16.9 Å². The number of hydrogen-bond acceptors (Lipinski definition) is 14. The van der Waals surface area contributed by atoms with E-state index < -0.39 is 41.7 Å². The number of rotatable bonds is 11. The smallest absolute Gasteiger partial charge is 0.352 e. The highest BCUT2D eigenvalue weighted by atomic mass is 32.2. The summed E-state index contributed by atoms with van der Waals surface area (Å²) in [5.74, 6) is -3.34. The van der Waals surface area contributed by atoms with E-state index in [4.69, 9.17) is 15.7 Å². The zero-order valence-electron chi connectivity index (χ0n) is 20.6. The summed E-state index contributed by atoms with van der Waals surface area (Å²) in [6.07, 6.45) is 3.56. The first kappa shape index (κ1) is 27.8. The topological polar surface area (TPSA) is 228 Å². The molecule has 0 bridgehead atoms. The molecule has 0 radical (unpaired) electrons. The number of aliphatic carboxylic acids is 2. The molecule has 1 saturated heterocycles. The number of carbonyl (C=O) groups is 4. The predicted octanol–water partition coefficient (Wildman–Crippen LogP) is -0.00940. The van der Waals surface area contributed by atoms with Crippen molar-refractivity contribution in [2.24, 2.45) is 5.16 Å². The third-order valence-corrected chi connectivity index (χ3v) is 9.33. The van der Waals surface area contributed by atoms with Crippen LogP contribution < -0.4 is 11.1 Å². The minimum absolute atomic E-state index is 0.109. The van der Waals surface area contributed by atoms with Gasteiger partial charge in [0.2, 0.25) is 5.16 Å². The molecular formula is C21H23N9O7S3. The van der Waals surface area contributed by atoms with Gasteiger partial charge in [-0.2, -0.15) is 0 Å². The lowest BCUT2D eigenvalue weighted by Gasteiger charge is -2.49. The molecule has 4 heterocycles. The first-order valence-electron chi connectivity index (χ1n) is 12.0. The van der Waals surface area contributed by atoms with E-state index in [9.17, 15) is 24.3 Å². The number of carboxylic acid groups (broad SMARTS) is 2. The van der Waals surface area contributed by atoms with E-state index in [1.165, 1.54) is 11.8 Å². The van der Waals surface area contributed by atoms with Crippen LogP contribution in [-0.4, -0.2) is 98.8 Å². The number of hydrogen-bond donors (Lipinski definition) is 4. The van der Waals surface area contributed by atoms with Gasteiger partial charge in [0.05, 0.1) is 0 Å². The van der Waals surface area contributed by atoms with Crippen LogP contribution in [0.1, 0.15) is 31.4 Å². The van der Waals surface area contributed by atoms with Crippen molar-refractivity contribution in [2.45, 2.75) is 54.9 Å². The van der Waals surface area contributed by atoms with E-state index in [1.54, 1.807) is 5.38 Å². The number of β-lactam (4-membered cyclic amide) rings is 1. The third-order valence-electron chi connectivity index (χ3n) is 6.27. The minimum Gasteiger partial charge on any atom is -0.480 e. The van der Waals surface area contributed by atoms with Crippen LogP contribution in [0, 0.1) is 0 Å². The molecule has 3 aliphatic rings. The zero-order valence-corrected chi connectivity index (χ0v) is 23.1. The van der Waals surface area contributed by atoms with Crippen molar-refractivity contribution < 1.29 is 34.2 Å². The van der Waals surface area contributed by atoms with E-state index in [2.05, 4.69) is 31.0 Å². The molecule has 2 aromatic rings. The van der Waals surface area contributed by atoms with Crippen molar-refractivity contribution in [2.75, 3.05) is 17.2 Å². The van der Waals surface area contributed by atoms with E-state index in [0.29, 0.717) is 5.57 Å². The van der Waals surface area contributed by atoms with Crippen LogP contribution in [0.25, 0.3) is 0 Å². The summed E-state index contributed by atoms with van der Waals surface area (Å²) in [6.45, 7) is -0.451. The van der Waals surface area contributed by atoms with Gasteiger partial charge in [-0.3, -0.25) is 19.3 Å². The first-order valence-corrected chi connectivity index (χ1v) is 14.9. The number of nitrogens with zero attached hydrogens (tertiary/aromatic N) is 7. The maximum Gasteiger partial charge on any atom is 0.352 e. The highest BCUT2D eigenvalue weighted by Gasteiger charge is 2.54. The van der Waals surface area contributed by atoms with Crippen molar-refractivity contribution in [1.82, 2.24) is 35.4 Å². The molecule has 2 aliphatic heterocycles. The van der Waals surface area contributed by atoms with Crippen molar-refractivity contribution in [3.05, 3.63) is 22.3 Å². The molecule has 1 saturated carbocycles. The molecule has 19 heteroatoms. The number of fused-ring (bicyclic) bond motifs is 1. The summed E-state index contributed by atoms with van der Waals surface area (Å²) in [7, 11) is 0. The number of carbonyl (C=O) groups excluding carboxylic acids is 2. The first-order chi connectivity index (χ1) is 19.2. The molecule has 2 atom stereocenters. The van der Waals surface area contributed by atoms with E-state index in [-0.39, 0.29) is 45.0 Å². The molecule has 2 fully saturated rings. The number of amides is 2. The Hall–Kier alpha value is -3.71. The van der Waals surface area contributed by atoms with Crippen LogP contribution in [-0.2, 0) is 30.6 Å². The summed E-state index contributed by atoms with van der Waals surface area (Å²) in [6, 6.07) is -0.989. The fraction of sp³-hybridized carbons (Fsp3) is 0.476. The van der Waals surface area contributed by atoms with Crippen molar-refractivity contribution in [1.29, 1.82) is 0 Å². The second-order valence-corrected chi connectivity index (χ2v) is 11.9. The Kier molecular flexibility index (Phi) is 8.22. The van der Waals surface area contributed by atoms with Gasteiger partial charge in [0, 0.05) is 16.9 Å². The highest BCUT2D eigenvalue weighted by Crippen LogP contribution is 2.41. The number of nitrogens with two attached hydrogens (primary N) is 1. The molecule has 5 rings (SSSR count). The summed E-state index contributed by atoms with van der Waals surface area (Å²) in [5.41, 5.74) is 6.09. The quantitative estimate of drug-likeness (QED) is 0.114. The highest BCUT2D eigenvalue weighted by molar-refractivity contribution is 8.01. The van der Waals surface area contributed by atoms with Crippen LogP contribution >= 0.6 is 34.9 Å². The largest absolute Gasteiger partial charge is 0.480 e. The van der Waals surface area contributed by atoms with Gasteiger partial charge in [0.1, 0.15) is 35.5 Å². The number of anilines is 1. The van der Waals surface area contributed by atoms with Gasteiger partial charge in [0.25, 0.3) is 11.8 Å². The number of aromatic nitrogens is 5. The summed E-state index contributed by atoms with van der Waals surface area (Å²) < 4.78 is 1.08. The Morgan fingerprint density at radius 2 is 2.05 bits per heavy atom. The Bertz CT molecular complexity index is 1400. The van der Waals surface area contributed by atoms with Gasteiger partial charge in [-0.15, -0.1) is 28.2 Å². The van der Waals surface area contributed by atoms with Gasteiger partial charge in [-0.05, 0) is 41.7 Å². The van der Waals surface area contributed by atoms with Gasteiger partial charge >= 0.3 is 11.9 Å². The van der Waals surface area contributed by atoms with Crippen molar-refractivity contribution in [3.63, 3.8) is 0 Å². The average molecular weight is 610 g/mol. The molecule has 1 unspecified atom stereocenters. The molecule has 2 aromatic heterocycles. The summed E-state index contributed by atoms with van der Waals surface area (Å²) in [4.78, 5) is 60.4. The third kappa shape index (κ3) is 5.75. The van der Waals surface area contributed by atoms with Crippen LogP contribution in [0.5, 0.6) is 0 Å². The number of nitrogen functional groups attached to an aromatic ring is 1. The summed E-state index contributed by atoms with van der Waals surface area (Å²) >= 11 is 3.48. The fourth-order valence-corrected chi connectivity index (χ4v) is 7.31. The van der Waals surface area contributed by atoms with Crippen LogP contribution in [0.2, 0.25) is 0 Å². The molecule has 5 N–H and O–H groups in total. The monoisotopic (exact) mass is 609 g/mol. The second-order valence-electron chi connectivity index (χ2n) is 8.94. The number of nitrogens with one attached hydrogen (secondary N) is 1. The minimum atomic E-state index is -1.30. The maximum atomic E-state index is 13.2. The summed E-state index contributed by atoms with van der Waals surface area (Å²) in [5, 5.41) is 37.8. The van der Waals surface area contributed by atoms with Crippen molar-refractivity contribution in [3.8, 4) is 0 Å². The van der Waals surface area contributed by atoms with Crippen LogP contribution in [0.4, 0.5) is 5.13 Å². The molecule has 16 nitrogen and oxygen atoms in total. The lowest BCUT2D eigenvalue weighted by atomic mass is 10.0. The maximum absolute atomic E-state index is 13.2. The van der Waals surface area contributed by atoms with Crippen molar-refractivity contribution >= 4 is 69.5 Å². The number of tetrazole rings is 1. The number of thiazole rings is 1. The second kappa shape index (κ2) is 11.8. The number of thioether (sulfide) groups is 2. The van der Waals surface area contributed by atoms with E-state index >= 15 is 0 Å². The lowest BCUT2D eigenvalue weighted by Crippen LogP contribution is -2.71. The van der Waals surface area contributed by atoms with Gasteiger partial charge < -0.3 is 26.1 Å². The predicted molar refractivity (Wildman–Crippen MR) is 142 cm³/mol. The number of carboxylic acids is 2. The Labute approximate surface area is 238 Å². The average Bonchev–Trinajstić information content (AvgIpc) is 3.68. The molecule has 212 valence electrons. The van der Waals surface area contributed by atoms with Crippen LogP contribution in [0.15, 0.2) is 27.0 Å². The fourth-order valence-electron chi connectivity index (χ4n) is 4.40. The molecule has 2 amide bonds.